The maximum absolute atomic E-state index is 12.9. The summed E-state index contributed by atoms with van der Waals surface area (Å²) in [6.07, 6.45) is -2.56. The quantitative estimate of drug-likeness (QED) is 0.904. The fourth-order valence-electron chi connectivity index (χ4n) is 2.04. The van der Waals surface area contributed by atoms with Crippen molar-refractivity contribution in [1.82, 2.24) is 14.9 Å². The van der Waals surface area contributed by atoms with Gasteiger partial charge in [0, 0.05) is 19.3 Å². The number of carboxylic acid groups (broad SMARTS) is 1. The molecule has 1 fully saturated rings. The molecule has 1 atom stereocenters. The molecule has 110 valence electrons. The summed E-state index contributed by atoms with van der Waals surface area (Å²) >= 11 is 0. The molecule has 0 saturated carbocycles. The number of carboxylic acids is 1. The first kappa shape index (κ1) is 14.7. The molecule has 2 rings (SSSR count). The summed E-state index contributed by atoms with van der Waals surface area (Å²) in [5, 5.41) is 8.84. The third-order valence-electron chi connectivity index (χ3n) is 3.16. The molecule has 1 aliphatic heterocycles. The lowest BCUT2D eigenvalue weighted by Crippen LogP contribution is -2.38. The summed E-state index contributed by atoms with van der Waals surface area (Å²) in [4.78, 5) is 20.5. The molecular weight excluding hydrogens is 272 g/mol. The predicted octanol–water partition coefficient (Wildman–Crippen LogP) is 1.51. The number of ether oxygens (including phenoxy) is 1. The van der Waals surface area contributed by atoms with Gasteiger partial charge in [0.05, 0.1) is 6.61 Å². The fraction of sp³-hybridized carbons (Fsp3) is 0.583. The summed E-state index contributed by atoms with van der Waals surface area (Å²) in [6.45, 7) is 4.54. The Kier molecular flexibility index (Phi) is 4.56. The molecule has 0 bridgehead atoms. The zero-order valence-corrected chi connectivity index (χ0v) is 10.9. The van der Waals surface area contributed by atoms with Crippen LogP contribution in [0.25, 0.3) is 0 Å². The number of likely N-dealkylation sites (N-methyl/N-ethyl adjacent to an activating group) is 1. The van der Waals surface area contributed by atoms with Crippen LogP contribution in [0.3, 0.4) is 0 Å². The van der Waals surface area contributed by atoms with E-state index in [1.807, 2.05) is 6.92 Å². The van der Waals surface area contributed by atoms with E-state index in [0.717, 1.165) is 19.3 Å². The molecule has 20 heavy (non-hydrogen) atoms. The van der Waals surface area contributed by atoms with Gasteiger partial charge in [-0.15, -0.1) is 0 Å². The Balaban J connectivity index is 2.28. The van der Waals surface area contributed by atoms with E-state index in [0.29, 0.717) is 13.2 Å². The van der Waals surface area contributed by atoms with Gasteiger partial charge in [-0.2, -0.15) is 0 Å². The van der Waals surface area contributed by atoms with E-state index in [4.69, 9.17) is 9.84 Å². The number of nitrogens with zero attached hydrogens (tertiary/aromatic N) is 3. The minimum atomic E-state index is -2.96. The average molecular weight is 287 g/mol. The average Bonchev–Trinajstić information content (AvgIpc) is 2.46. The minimum Gasteiger partial charge on any atom is -0.478 e. The molecule has 1 aromatic rings. The predicted molar refractivity (Wildman–Crippen MR) is 64.8 cm³/mol. The zero-order chi connectivity index (χ0) is 14.7. The van der Waals surface area contributed by atoms with Gasteiger partial charge >= 0.3 is 5.97 Å². The highest BCUT2D eigenvalue weighted by molar-refractivity contribution is 5.88. The van der Waals surface area contributed by atoms with Gasteiger partial charge in [0.15, 0.2) is 5.82 Å². The van der Waals surface area contributed by atoms with Gasteiger partial charge in [0.25, 0.3) is 6.43 Å². The molecule has 0 amide bonds. The Hall–Kier alpha value is -1.67. The van der Waals surface area contributed by atoms with Crippen molar-refractivity contribution >= 4 is 5.97 Å². The molecule has 0 radical (unpaired) electrons. The van der Waals surface area contributed by atoms with Crippen LogP contribution in [-0.4, -0.2) is 52.2 Å². The van der Waals surface area contributed by atoms with Crippen molar-refractivity contribution < 1.29 is 23.4 Å². The molecular formula is C12H15F2N3O3. The van der Waals surface area contributed by atoms with E-state index in [1.54, 1.807) is 0 Å². The van der Waals surface area contributed by atoms with E-state index in [1.165, 1.54) is 0 Å². The van der Waals surface area contributed by atoms with E-state index in [2.05, 4.69) is 14.9 Å². The van der Waals surface area contributed by atoms with Crippen molar-refractivity contribution in [2.75, 3.05) is 26.2 Å². The van der Waals surface area contributed by atoms with Crippen LogP contribution in [-0.2, 0) is 4.74 Å². The monoisotopic (exact) mass is 287 g/mol. The Morgan fingerprint density at radius 1 is 1.65 bits per heavy atom. The Labute approximate surface area is 114 Å². The molecule has 1 aliphatic rings. The van der Waals surface area contributed by atoms with Crippen LogP contribution < -0.4 is 0 Å². The summed E-state index contributed by atoms with van der Waals surface area (Å²) < 4.78 is 31.2. The molecule has 1 aromatic heterocycles. The molecule has 8 heteroatoms. The molecule has 1 saturated heterocycles. The second-order valence-corrected chi connectivity index (χ2v) is 4.39. The standard InChI is InChI=1S/C12H15F2N3O3/c1-2-17-3-4-20-8(6-17)11-15-5-7(12(18)19)9(16-11)10(13)14/h5,8,10H,2-4,6H2,1H3,(H,18,19). The van der Waals surface area contributed by atoms with Crippen LogP contribution in [0.15, 0.2) is 6.20 Å². The van der Waals surface area contributed by atoms with Crippen LogP contribution in [0.5, 0.6) is 0 Å². The first-order valence-corrected chi connectivity index (χ1v) is 6.25. The van der Waals surface area contributed by atoms with Gasteiger partial charge < -0.3 is 9.84 Å². The number of carbonyl (C=O) groups is 1. The minimum absolute atomic E-state index is 0.100. The van der Waals surface area contributed by atoms with Crippen LogP contribution in [0.1, 0.15) is 41.3 Å². The van der Waals surface area contributed by atoms with Gasteiger partial charge in [-0.3, -0.25) is 4.90 Å². The van der Waals surface area contributed by atoms with Gasteiger partial charge in [0.2, 0.25) is 0 Å². The largest absolute Gasteiger partial charge is 0.478 e. The van der Waals surface area contributed by atoms with E-state index in [9.17, 15) is 13.6 Å². The molecule has 6 nitrogen and oxygen atoms in total. The van der Waals surface area contributed by atoms with Crippen LogP contribution in [0.4, 0.5) is 8.78 Å². The van der Waals surface area contributed by atoms with E-state index < -0.39 is 29.8 Å². The summed E-state index contributed by atoms with van der Waals surface area (Å²) in [7, 11) is 0. The second kappa shape index (κ2) is 6.19. The lowest BCUT2D eigenvalue weighted by atomic mass is 10.2. The van der Waals surface area contributed by atoms with Crippen molar-refractivity contribution in [2.45, 2.75) is 19.5 Å². The number of hydrogen-bond donors (Lipinski definition) is 1. The lowest BCUT2D eigenvalue weighted by molar-refractivity contribution is -0.0330. The maximum Gasteiger partial charge on any atom is 0.339 e. The molecule has 2 heterocycles. The molecule has 1 unspecified atom stereocenters. The fourth-order valence-corrected chi connectivity index (χ4v) is 2.04. The first-order chi connectivity index (χ1) is 9.52. The van der Waals surface area contributed by atoms with Crippen molar-refractivity contribution in [3.63, 3.8) is 0 Å². The summed E-state index contributed by atoms with van der Waals surface area (Å²) in [6, 6.07) is 0. The van der Waals surface area contributed by atoms with Gasteiger partial charge in [-0.25, -0.2) is 23.5 Å². The van der Waals surface area contributed by atoms with Gasteiger partial charge in [-0.05, 0) is 6.54 Å². The number of rotatable bonds is 4. The van der Waals surface area contributed by atoms with Crippen molar-refractivity contribution in [1.29, 1.82) is 0 Å². The summed E-state index contributed by atoms with van der Waals surface area (Å²) in [5.74, 6) is -1.37. The third kappa shape index (κ3) is 3.07. The number of halogens is 2. The Morgan fingerprint density at radius 3 is 3.00 bits per heavy atom. The second-order valence-electron chi connectivity index (χ2n) is 4.39. The third-order valence-corrected chi connectivity index (χ3v) is 3.16. The first-order valence-electron chi connectivity index (χ1n) is 6.25. The molecule has 0 spiro atoms. The van der Waals surface area contributed by atoms with Crippen molar-refractivity contribution in [3.05, 3.63) is 23.3 Å². The topological polar surface area (TPSA) is 75.5 Å². The van der Waals surface area contributed by atoms with Gasteiger partial charge in [0.1, 0.15) is 17.4 Å². The van der Waals surface area contributed by atoms with Crippen LogP contribution in [0.2, 0.25) is 0 Å². The highest BCUT2D eigenvalue weighted by atomic mass is 19.3. The van der Waals surface area contributed by atoms with Crippen LogP contribution in [0, 0.1) is 0 Å². The van der Waals surface area contributed by atoms with E-state index >= 15 is 0 Å². The smallest absolute Gasteiger partial charge is 0.339 e. The number of alkyl halides is 2. The Morgan fingerprint density at radius 2 is 2.40 bits per heavy atom. The Bertz CT molecular complexity index is 499. The molecule has 1 N–H and O–H groups in total. The number of hydrogen-bond acceptors (Lipinski definition) is 5. The van der Waals surface area contributed by atoms with Crippen molar-refractivity contribution in [3.8, 4) is 0 Å². The maximum atomic E-state index is 12.9. The van der Waals surface area contributed by atoms with Gasteiger partial charge in [-0.1, -0.05) is 6.92 Å². The zero-order valence-electron chi connectivity index (χ0n) is 10.9. The molecule has 0 aliphatic carbocycles. The lowest BCUT2D eigenvalue weighted by Gasteiger charge is -2.31. The summed E-state index contributed by atoms with van der Waals surface area (Å²) in [5.41, 5.74) is -1.34. The highest BCUT2D eigenvalue weighted by Crippen LogP contribution is 2.24. The highest BCUT2D eigenvalue weighted by Gasteiger charge is 2.27. The molecule has 0 aromatic carbocycles. The normalized spacial score (nSPS) is 20.3. The van der Waals surface area contributed by atoms with Crippen LogP contribution >= 0.6 is 0 Å². The van der Waals surface area contributed by atoms with E-state index in [-0.39, 0.29) is 5.82 Å². The SMILES string of the molecule is CCN1CCOC(c2ncc(C(=O)O)c(C(F)F)n2)C1. The number of aromatic carboxylic acids is 1. The van der Waals surface area contributed by atoms with Crippen molar-refractivity contribution in [2.24, 2.45) is 0 Å². The number of morpholine rings is 1. The number of aromatic nitrogens is 2.